The number of carbonyl (C=O) groups is 1. The number of piperidine rings is 1. The number of carbonyl (C=O) groups excluding carboxylic acids is 1. The minimum absolute atomic E-state index is 0. The highest BCUT2D eigenvalue weighted by Gasteiger charge is 2.24. The lowest BCUT2D eigenvalue weighted by molar-refractivity contribution is 0.0704. The van der Waals surface area contributed by atoms with Crippen LogP contribution in [0.15, 0.2) is 29.6 Å². The van der Waals surface area contributed by atoms with Gasteiger partial charge in [0.1, 0.15) is 10.7 Å². The maximum absolute atomic E-state index is 12.4. The van der Waals surface area contributed by atoms with E-state index >= 15 is 0 Å². The van der Waals surface area contributed by atoms with Gasteiger partial charge < -0.3 is 10.6 Å². The molecule has 2 heterocycles. The lowest BCUT2D eigenvalue weighted by Gasteiger charge is -2.30. The normalized spacial score (nSPS) is 17.1. The molecule has 8 heteroatoms. The molecule has 0 radical (unpaired) electrons. The summed E-state index contributed by atoms with van der Waals surface area (Å²) in [5.74, 6) is -0.0327. The van der Waals surface area contributed by atoms with Gasteiger partial charge in [-0.25, -0.2) is 4.98 Å². The SMILES string of the molecule is Cl.Cl.NC1CCCN(C(=O)c2csc(-c3cccc(Cl)c3)n2)C1. The van der Waals surface area contributed by atoms with E-state index in [4.69, 9.17) is 17.3 Å². The van der Waals surface area contributed by atoms with Gasteiger partial charge in [-0.05, 0) is 25.0 Å². The van der Waals surface area contributed by atoms with Crippen LogP contribution in [-0.4, -0.2) is 34.9 Å². The number of aromatic nitrogens is 1. The summed E-state index contributed by atoms with van der Waals surface area (Å²) >= 11 is 7.45. The smallest absolute Gasteiger partial charge is 0.273 e. The number of benzene rings is 1. The third-order valence-electron chi connectivity index (χ3n) is 3.54. The average Bonchev–Trinajstić information content (AvgIpc) is 2.96. The van der Waals surface area contributed by atoms with Gasteiger partial charge in [-0.2, -0.15) is 0 Å². The van der Waals surface area contributed by atoms with E-state index in [9.17, 15) is 4.79 Å². The van der Waals surface area contributed by atoms with Gasteiger partial charge in [0.05, 0.1) is 0 Å². The first kappa shape index (κ1) is 20.2. The second-order valence-electron chi connectivity index (χ2n) is 5.20. The van der Waals surface area contributed by atoms with Crippen LogP contribution in [0.3, 0.4) is 0 Å². The van der Waals surface area contributed by atoms with Crippen LogP contribution in [-0.2, 0) is 0 Å². The van der Waals surface area contributed by atoms with Crippen molar-refractivity contribution in [1.82, 2.24) is 9.88 Å². The fourth-order valence-corrected chi connectivity index (χ4v) is 3.46. The van der Waals surface area contributed by atoms with E-state index in [0.29, 0.717) is 17.3 Å². The maximum atomic E-state index is 12.4. The lowest BCUT2D eigenvalue weighted by Crippen LogP contribution is -2.45. The predicted octanol–water partition coefficient (Wildman–Crippen LogP) is 3.87. The van der Waals surface area contributed by atoms with Gasteiger partial charge in [0, 0.05) is 35.1 Å². The minimum atomic E-state index is -0.0327. The van der Waals surface area contributed by atoms with Crippen LogP contribution < -0.4 is 5.73 Å². The molecule has 0 aliphatic carbocycles. The van der Waals surface area contributed by atoms with Gasteiger partial charge in [-0.15, -0.1) is 36.2 Å². The summed E-state index contributed by atoms with van der Waals surface area (Å²) in [4.78, 5) is 18.7. The molecule has 2 N–H and O–H groups in total. The highest BCUT2D eigenvalue weighted by Crippen LogP contribution is 2.26. The molecule has 1 unspecified atom stereocenters. The van der Waals surface area contributed by atoms with E-state index in [1.165, 1.54) is 11.3 Å². The van der Waals surface area contributed by atoms with Crippen LogP contribution in [0.5, 0.6) is 0 Å². The zero-order valence-corrected chi connectivity index (χ0v) is 15.5. The summed E-state index contributed by atoms with van der Waals surface area (Å²) in [6.07, 6.45) is 1.94. The molecule has 23 heavy (non-hydrogen) atoms. The van der Waals surface area contributed by atoms with Gasteiger partial charge in [-0.3, -0.25) is 4.79 Å². The van der Waals surface area contributed by atoms with Crippen LogP contribution in [0.1, 0.15) is 23.3 Å². The first-order valence-corrected chi connectivity index (χ1v) is 8.15. The quantitative estimate of drug-likeness (QED) is 0.841. The Kier molecular flexibility index (Phi) is 7.77. The van der Waals surface area contributed by atoms with Crippen LogP contribution in [0.4, 0.5) is 0 Å². The number of likely N-dealkylation sites (tertiary alicyclic amines) is 1. The Morgan fingerprint density at radius 1 is 1.39 bits per heavy atom. The molecule has 0 bridgehead atoms. The van der Waals surface area contributed by atoms with E-state index in [0.717, 1.165) is 30.0 Å². The summed E-state index contributed by atoms with van der Waals surface area (Å²) in [7, 11) is 0. The largest absolute Gasteiger partial charge is 0.336 e. The second kappa shape index (κ2) is 8.85. The number of halogens is 3. The standard InChI is InChI=1S/C15H16ClN3OS.2ClH/c16-11-4-1-3-10(7-11)14-18-13(9-21-14)15(20)19-6-2-5-12(17)8-19;;/h1,3-4,7,9,12H,2,5-6,8,17H2;2*1H. The molecule has 1 saturated heterocycles. The van der Waals surface area contributed by atoms with E-state index in [-0.39, 0.29) is 36.8 Å². The summed E-state index contributed by atoms with van der Waals surface area (Å²) in [5.41, 5.74) is 7.35. The molecule has 1 aliphatic rings. The molecule has 3 rings (SSSR count). The van der Waals surface area contributed by atoms with Crippen molar-refractivity contribution >= 4 is 53.7 Å². The van der Waals surface area contributed by atoms with Gasteiger partial charge in [0.2, 0.25) is 0 Å². The Morgan fingerprint density at radius 3 is 2.87 bits per heavy atom. The number of amides is 1. The molecule has 4 nitrogen and oxygen atoms in total. The summed E-state index contributed by atoms with van der Waals surface area (Å²) in [6.45, 7) is 1.37. The number of hydrogen-bond donors (Lipinski definition) is 1. The Hall–Kier alpha value is -0.850. The number of nitrogens with two attached hydrogens (primary N) is 1. The Bertz CT molecular complexity index is 665. The van der Waals surface area contributed by atoms with Crippen LogP contribution in [0.25, 0.3) is 10.6 Å². The van der Waals surface area contributed by atoms with E-state index in [1.807, 2.05) is 24.3 Å². The fraction of sp³-hybridized carbons (Fsp3) is 0.333. The molecule has 0 spiro atoms. The number of nitrogens with zero attached hydrogens (tertiary/aromatic N) is 2. The predicted molar refractivity (Wildman–Crippen MR) is 100 cm³/mol. The first-order chi connectivity index (χ1) is 10.1. The minimum Gasteiger partial charge on any atom is -0.336 e. The van der Waals surface area contributed by atoms with Gasteiger partial charge in [-0.1, -0.05) is 23.7 Å². The summed E-state index contributed by atoms with van der Waals surface area (Å²) in [6, 6.07) is 7.57. The maximum Gasteiger partial charge on any atom is 0.273 e. The van der Waals surface area contributed by atoms with Gasteiger partial charge in [0.25, 0.3) is 5.91 Å². The molecule has 1 aromatic heterocycles. The molecular weight excluding hydrogens is 377 g/mol. The number of thiazole rings is 1. The second-order valence-corrected chi connectivity index (χ2v) is 6.50. The fourth-order valence-electron chi connectivity index (χ4n) is 2.48. The van der Waals surface area contributed by atoms with E-state index in [1.54, 1.807) is 10.3 Å². The van der Waals surface area contributed by atoms with E-state index in [2.05, 4.69) is 4.98 Å². The van der Waals surface area contributed by atoms with Crippen molar-refractivity contribution < 1.29 is 4.79 Å². The van der Waals surface area contributed by atoms with Crippen molar-refractivity contribution in [2.24, 2.45) is 5.73 Å². The molecular formula is C15H18Cl3N3OS. The highest BCUT2D eigenvalue weighted by atomic mass is 35.5. The molecule has 1 fully saturated rings. The third-order valence-corrected chi connectivity index (χ3v) is 4.67. The van der Waals surface area contributed by atoms with Gasteiger partial charge in [0.15, 0.2) is 0 Å². The topological polar surface area (TPSA) is 59.2 Å². The summed E-state index contributed by atoms with van der Waals surface area (Å²) in [5, 5.41) is 3.28. The van der Waals surface area contributed by atoms with Crippen molar-refractivity contribution in [3.05, 3.63) is 40.4 Å². The molecule has 1 aromatic carbocycles. The Labute approximate surface area is 156 Å². The lowest BCUT2D eigenvalue weighted by atomic mass is 10.1. The highest BCUT2D eigenvalue weighted by molar-refractivity contribution is 7.13. The summed E-state index contributed by atoms with van der Waals surface area (Å²) < 4.78 is 0. The Morgan fingerprint density at radius 2 is 2.17 bits per heavy atom. The van der Waals surface area contributed by atoms with Crippen molar-refractivity contribution in [1.29, 1.82) is 0 Å². The molecule has 1 aliphatic heterocycles. The third kappa shape index (κ3) is 4.81. The van der Waals surface area contributed by atoms with Gasteiger partial charge >= 0.3 is 0 Å². The molecule has 2 aromatic rings. The first-order valence-electron chi connectivity index (χ1n) is 6.90. The van der Waals surface area contributed by atoms with E-state index < -0.39 is 0 Å². The van der Waals surface area contributed by atoms with Crippen molar-refractivity contribution in [2.75, 3.05) is 13.1 Å². The number of hydrogen-bond acceptors (Lipinski definition) is 4. The van der Waals surface area contributed by atoms with Crippen molar-refractivity contribution in [3.63, 3.8) is 0 Å². The zero-order chi connectivity index (χ0) is 14.8. The monoisotopic (exact) mass is 393 g/mol. The van der Waals surface area contributed by atoms with Crippen LogP contribution >= 0.6 is 47.8 Å². The van der Waals surface area contributed by atoms with Crippen molar-refractivity contribution in [2.45, 2.75) is 18.9 Å². The van der Waals surface area contributed by atoms with Crippen LogP contribution in [0, 0.1) is 0 Å². The molecule has 1 atom stereocenters. The molecule has 1 amide bonds. The zero-order valence-electron chi connectivity index (χ0n) is 12.3. The number of rotatable bonds is 2. The van der Waals surface area contributed by atoms with Crippen LogP contribution in [0.2, 0.25) is 5.02 Å². The average molecular weight is 395 g/mol. The van der Waals surface area contributed by atoms with Crippen molar-refractivity contribution in [3.8, 4) is 10.6 Å². The Balaban J connectivity index is 0.00000132. The molecule has 0 saturated carbocycles. The molecule has 126 valence electrons.